The zero-order valence-electron chi connectivity index (χ0n) is 13.3. The van der Waals surface area contributed by atoms with Crippen molar-refractivity contribution < 1.29 is 9.59 Å². The Morgan fingerprint density at radius 3 is 2.36 bits per heavy atom. The Kier molecular flexibility index (Phi) is 5.55. The maximum Gasteiger partial charge on any atom is 0.237 e. The molecule has 0 unspecified atom stereocenters. The summed E-state index contributed by atoms with van der Waals surface area (Å²) in [7, 11) is 0. The number of rotatable bonds is 6. The first-order valence-electron chi connectivity index (χ1n) is 7.87. The van der Waals surface area contributed by atoms with Crippen LogP contribution in [-0.2, 0) is 22.7 Å². The third kappa shape index (κ3) is 4.07. The fourth-order valence-electron chi connectivity index (χ4n) is 2.54. The Labute approximate surface area is 131 Å². The van der Waals surface area contributed by atoms with E-state index in [0.29, 0.717) is 32.5 Å². The first-order valence-corrected chi connectivity index (χ1v) is 7.87. The second-order valence-electron chi connectivity index (χ2n) is 6.18. The number of nitrogens with one attached hydrogen (secondary N) is 1. The predicted molar refractivity (Wildman–Crippen MR) is 85.8 cm³/mol. The lowest BCUT2D eigenvalue weighted by Gasteiger charge is -2.17. The first kappa shape index (κ1) is 16.5. The van der Waals surface area contributed by atoms with Gasteiger partial charge in [0.25, 0.3) is 0 Å². The molecule has 1 aliphatic heterocycles. The van der Waals surface area contributed by atoms with Crippen LogP contribution in [0.2, 0.25) is 0 Å². The highest BCUT2D eigenvalue weighted by molar-refractivity contribution is 5.81. The maximum atomic E-state index is 12.2. The number of carbonyl (C=O) groups is 2. The standard InChI is InChI=1S/C17H25N3O2/c1-12(2)16(18)17(22)19-9-5-8-15(21)20-10-13-6-3-4-7-14(13)11-20/h3-4,6-7,12,16H,5,8-11,18H2,1-2H3,(H,19,22)/t16-/m0/s1. The molecule has 1 aromatic rings. The van der Waals surface area contributed by atoms with Gasteiger partial charge >= 0.3 is 0 Å². The molecule has 0 fully saturated rings. The minimum absolute atomic E-state index is 0.115. The topological polar surface area (TPSA) is 75.4 Å². The zero-order chi connectivity index (χ0) is 16.1. The zero-order valence-corrected chi connectivity index (χ0v) is 13.3. The van der Waals surface area contributed by atoms with Gasteiger partial charge in [-0.05, 0) is 23.5 Å². The van der Waals surface area contributed by atoms with Crippen LogP contribution in [0.15, 0.2) is 24.3 Å². The maximum absolute atomic E-state index is 12.2. The number of amides is 2. The summed E-state index contributed by atoms with van der Waals surface area (Å²) in [5.41, 5.74) is 8.22. The van der Waals surface area contributed by atoms with Crippen molar-refractivity contribution in [3.8, 4) is 0 Å². The fourth-order valence-corrected chi connectivity index (χ4v) is 2.54. The summed E-state index contributed by atoms with van der Waals surface area (Å²) < 4.78 is 0. The van der Waals surface area contributed by atoms with E-state index in [4.69, 9.17) is 5.73 Å². The van der Waals surface area contributed by atoms with Crippen LogP contribution in [-0.4, -0.2) is 29.3 Å². The monoisotopic (exact) mass is 303 g/mol. The molecule has 1 heterocycles. The third-order valence-corrected chi connectivity index (χ3v) is 4.08. The number of hydrogen-bond acceptors (Lipinski definition) is 3. The van der Waals surface area contributed by atoms with E-state index in [1.807, 2.05) is 30.9 Å². The van der Waals surface area contributed by atoms with Crippen molar-refractivity contribution in [1.29, 1.82) is 0 Å². The Balaban J connectivity index is 1.68. The molecule has 5 nitrogen and oxygen atoms in total. The number of nitrogens with two attached hydrogens (primary N) is 1. The van der Waals surface area contributed by atoms with Gasteiger partial charge in [-0.15, -0.1) is 0 Å². The molecule has 0 saturated heterocycles. The number of hydrogen-bond donors (Lipinski definition) is 2. The Morgan fingerprint density at radius 1 is 1.23 bits per heavy atom. The summed E-state index contributed by atoms with van der Waals surface area (Å²) >= 11 is 0. The first-order chi connectivity index (χ1) is 10.5. The van der Waals surface area contributed by atoms with Crippen molar-refractivity contribution in [2.24, 2.45) is 11.7 Å². The van der Waals surface area contributed by atoms with Crippen LogP contribution in [0.1, 0.15) is 37.8 Å². The molecule has 0 saturated carbocycles. The molecule has 0 radical (unpaired) electrons. The molecule has 3 N–H and O–H groups in total. The van der Waals surface area contributed by atoms with Crippen molar-refractivity contribution in [3.63, 3.8) is 0 Å². The molecule has 0 bridgehead atoms. The number of carbonyl (C=O) groups excluding carboxylic acids is 2. The van der Waals surface area contributed by atoms with E-state index in [2.05, 4.69) is 17.4 Å². The second kappa shape index (κ2) is 7.40. The fraction of sp³-hybridized carbons (Fsp3) is 0.529. The smallest absolute Gasteiger partial charge is 0.237 e. The van der Waals surface area contributed by atoms with Gasteiger partial charge in [-0.1, -0.05) is 38.1 Å². The van der Waals surface area contributed by atoms with Crippen LogP contribution in [0.25, 0.3) is 0 Å². The molecular weight excluding hydrogens is 278 g/mol. The highest BCUT2D eigenvalue weighted by atomic mass is 16.2. The second-order valence-corrected chi connectivity index (χ2v) is 6.18. The summed E-state index contributed by atoms with van der Waals surface area (Å²) in [5.74, 6) is 0.111. The molecule has 5 heteroatoms. The van der Waals surface area contributed by atoms with Crippen LogP contribution in [0, 0.1) is 5.92 Å². The van der Waals surface area contributed by atoms with Crippen molar-refractivity contribution >= 4 is 11.8 Å². The van der Waals surface area contributed by atoms with Crippen LogP contribution in [0.5, 0.6) is 0 Å². The summed E-state index contributed by atoms with van der Waals surface area (Å²) in [6.07, 6.45) is 1.09. The van der Waals surface area contributed by atoms with Gasteiger partial charge in [0, 0.05) is 26.1 Å². The third-order valence-electron chi connectivity index (χ3n) is 4.08. The Bertz CT molecular complexity index is 517. The van der Waals surface area contributed by atoms with Gasteiger partial charge in [0.15, 0.2) is 0 Å². The summed E-state index contributed by atoms with van der Waals surface area (Å²) in [5, 5.41) is 2.79. The molecule has 22 heavy (non-hydrogen) atoms. The molecule has 2 amide bonds. The number of nitrogens with zero attached hydrogens (tertiary/aromatic N) is 1. The Morgan fingerprint density at radius 2 is 1.82 bits per heavy atom. The van der Waals surface area contributed by atoms with E-state index in [1.165, 1.54) is 11.1 Å². The van der Waals surface area contributed by atoms with E-state index in [1.54, 1.807) is 0 Å². The summed E-state index contributed by atoms with van der Waals surface area (Å²) in [4.78, 5) is 25.8. The number of fused-ring (bicyclic) bond motifs is 1. The van der Waals surface area contributed by atoms with Crippen molar-refractivity contribution in [3.05, 3.63) is 35.4 Å². The molecule has 1 aliphatic rings. The molecule has 2 rings (SSSR count). The van der Waals surface area contributed by atoms with Gasteiger partial charge in [0.1, 0.15) is 0 Å². The SMILES string of the molecule is CC(C)[C@H](N)C(=O)NCCCC(=O)N1Cc2ccccc2C1. The minimum Gasteiger partial charge on any atom is -0.355 e. The van der Waals surface area contributed by atoms with Crippen molar-refractivity contribution in [1.82, 2.24) is 10.2 Å². The molecule has 1 atom stereocenters. The van der Waals surface area contributed by atoms with Gasteiger partial charge in [-0.3, -0.25) is 9.59 Å². The quantitative estimate of drug-likeness (QED) is 0.780. The van der Waals surface area contributed by atoms with Crippen LogP contribution >= 0.6 is 0 Å². The average molecular weight is 303 g/mol. The predicted octanol–water partition coefficient (Wildman–Crippen LogP) is 1.41. The lowest BCUT2D eigenvalue weighted by Crippen LogP contribution is -2.44. The van der Waals surface area contributed by atoms with Crippen molar-refractivity contribution in [2.75, 3.05) is 6.54 Å². The van der Waals surface area contributed by atoms with E-state index in [-0.39, 0.29) is 17.7 Å². The van der Waals surface area contributed by atoms with Crippen LogP contribution in [0.4, 0.5) is 0 Å². The van der Waals surface area contributed by atoms with Crippen molar-refractivity contribution in [2.45, 2.75) is 45.8 Å². The lowest BCUT2D eigenvalue weighted by molar-refractivity contribution is -0.132. The highest BCUT2D eigenvalue weighted by Crippen LogP contribution is 2.22. The van der Waals surface area contributed by atoms with Crippen LogP contribution in [0.3, 0.4) is 0 Å². The highest BCUT2D eigenvalue weighted by Gasteiger charge is 2.22. The van der Waals surface area contributed by atoms with Gasteiger partial charge in [0.2, 0.25) is 11.8 Å². The molecule has 1 aromatic carbocycles. The molecule has 120 valence electrons. The van der Waals surface area contributed by atoms with Gasteiger partial charge < -0.3 is 16.0 Å². The van der Waals surface area contributed by atoms with Gasteiger partial charge in [0.05, 0.1) is 6.04 Å². The molecular formula is C17H25N3O2. The average Bonchev–Trinajstić information content (AvgIpc) is 2.94. The Hall–Kier alpha value is -1.88. The van der Waals surface area contributed by atoms with Gasteiger partial charge in [-0.25, -0.2) is 0 Å². The normalized spacial score (nSPS) is 14.8. The molecule has 0 aliphatic carbocycles. The molecule has 0 spiro atoms. The van der Waals surface area contributed by atoms with Gasteiger partial charge in [-0.2, -0.15) is 0 Å². The number of benzene rings is 1. The van der Waals surface area contributed by atoms with Crippen LogP contribution < -0.4 is 11.1 Å². The lowest BCUT2D eigenvalue weighted by atomic mass is 10.1. The molecule has 0 aromatic heterocycles. The van der Waals surface area contributed by atoms with E-state index >= 15 is 0 Å². The van der Waals surface area contributed by atoms with E-state index < -0.39 is 6.04 Å². The minimum atomic E-state index is -0.483. The largest absolute Gasteiger partial charge is 0.355 e. The van der Waals surface area contributed by atoms with E-state index in [9.17, 15) is 9.59 Å². The summed E-state index contributed by atoms with van der Waals surface area (Å²) in [6, 6.07) is 7.65. The van der Waals surface area contributed by atoms with E-state index in [0.717, 1.165) is 0 Å². The summed E-state index contributed by atoms with van der Waals surface area (Å²) in [6.45, 7) is 5.71.